The van der Waals surface area contributed by atoms with Crippen molar-refractivity contribution in [1.82, 2.24) is 39.7 Å². The first-order valence-corrected chi connectivity index (χ1v) is 29.0. The van der Waals surface area contributed by atoms with Crippen molar-refractivity contribution in [2.75, 3.05) is 51.6 Å². The van der Waals surface area contributed by atoms with Crippen molar-refractivity contribution in [1.29, 1.82) is 0 Å². The predicted octanol–water partition coefficient (Wildman–Crippen LogP) is 13.2. The van der Waals surface area contributed by atoms with Gasteiger partial charge in [-0.1, -0.05) is 98.9 Å². The molecule has 0 bridgehead atoms. The largest absolute Gasteiger partial charge is 0.384 e. The van der Waals surface area contributed by atoms with Crippen LogP contribution >= 0.6 is 0 Å². The number of hydroxylamine groups is 1. The highest BCUT2D eigenvalue weighted by atomic mass is 16.6. The van der Waals surface area contributed by atoms with Gasteiger partial charge in [-0.15, -0.1) is 0 Å². The third kappa shape index (κ3) is 18.5. The van der Waals surface area contributed by atoms with E-state index in [-0.39, 0.29) is 17.5 Å². The van der Waals surface area contributed by atoms with E-state index >= 15 is 0 Å². The fraction of sp³-hybridized carbons (Fsp3) is 0.571. The fourth-order valence-corrected chi connectivity index (χ4v) is 10.2. The average Bonchev–Trinajstić information content (AvgIpc) is 3.53. The lowest BCUT2D eigenvalue weighted by Crippen LogP contribution is -2.53. The number of piperazine rings is 1. The predicted molar refractivity (Wildman–Crippen MR) is 317 cm³/mol. The molecule has 3 saturated heterocycles. The Morgan fingerprint density at radius 3 is 2.20 bits per heavy atom. The van der Waals surface area contributed by atoms with Crippen molar-refractivity contribution >= 4 is 34.7 Å². The van der Waals surface area contributed by atoms with Gasteiger partial charge in [0.05, 0.1) is 17.6 Å². The van der Waals surface area contributed by atoms with Crippen LogP contribution in [0.2, 0.25) is 0 Å². The van der Waals surface area contributed by atoms with Crippen molar-refractivity contribution in [3.63, 3.8) is 0 Å². The summed E-state index contributed by atoms with van der Waals surface area (Å²) in [4.78, 5) is 59.8. The molecule has 76 heavy (non-hydrogen) atoms. The summed E-state index contributed by atoms with van der Waals surface area (Å²) >= 11 is 0. The van der Waals surface area contributed by atoms with Gasteiger partial charge in [-0.2, -0.15) is 0 Å². The number of hydrogen-bond donors (Lipinski definition) is 3. The van der Waals surface area contributed by atoms with Crippen LogP contribution in [0.1, 0.15) is 185 Å². The normalized spacial score (nSPS) is 16.6. The number of amides is 2. The van der Waals surface area contributed by atoms with Crippen molar-refractivity contribution in [2.24, 2.45) is 11.8 Å². The molecule has 2 amide bonds. The van der Waals surface area contributed by atoms with E-state index in [9.17, 15) is 14.4 Å². The summed E-state index contributed by atoms with van der Waals surface area (Å²) in [6.07, 6.45) is 16.4. The average molecular weight is 1040 g/mol. The molecule has 13 nitrogen and oxygen atoms in total. The van der Waals surface area contributed by atoms with Gasteiger partial charge in [-0.3, -0.25) is 33.8 Å². The van der Waals surface area contributed by atoms with Gasteiger partial charge in [0.1, 0.15) is 5.82 Å². The summed E-state index contributed by atoms with van der Waals surface area (Å²) < 4.78 is 1.88. The Morgan fingerprint density at radius 1 is 0.882 bits per heavy atom. The van der Waals surface area contributed by atoms with Gasteiger partial charge in [0.2, 0.25) is 5.91 Å². The zero-order valence-electron chi connectivity index (χ0n) is 49.1. The van der Waals surface area contributed by atoms with E-state index in [4.69, 9.17) is 10.6 Å². The number of pyridine rings is 2. The van der Waals surface area contributed by atoms with Crippen LogP contribution in [0.25, 0.3) is 28.2 Å². The summed E-state index contributed by atoms with van der Waals surface area (Å²) in [6.45, 7) is 36.1. The summed E-state index contributed by atoms with van der Waals surface area (Å²) in [5.41, 5.74) is 20.4. The number of benzene rings is 2. The van der Waals surface area contributed by atoms with Crippen molar-refractivity contribution in [3.8, 4) is 11.1 Å². The van der Waals surface area contributed by atoms with Gasteiger partial charge < -0.3 is 15.6 Å². The molecule has 1 atom stereocenters. The number of H-pyrrole nitrogens is 1. The summed E-state index contributed by atoms with van der Waals surface area (Å²) in [5, 5.41) is 0. The number of fused-ring (bicyclic) bond motifs is 1. The number of likely N-dealkylation sites (tertiary alicyclic amines) is 1. The van der Waals surface area contributed by atoms with E-state index in [1.165, 1.54) is 47.9 Å². The number of aromatic nitrogens is 4. The minimum Gasteiger partial charge on any atom is -0.384 e. The van der Waals surface area contributed by atoms with E-state index in [1.807, 2.05) is 69.8 Å². The minimum atomic E-state index is -0.00667. The summed E-state index contributed by atoms with van der Waals surface area (Å²) in [5.74, 6) is 2.51. The lowest BCUT2D eigenvalue weighted by atomic mass is 9.90. The molecule has 3 aromatic heterocycles. The van der Waals surface area contributed by atoms with E-state index < -0.39 is 0 Å². The Labute approximate surface area is 457 Å². The highest BCUT2D eigenvalue weighted by molar-refractivity contribution is 5.94. The number of rotatable bonds is 15. The SMILES string of the molecule is C/C(=C\c1c(-c2ccc(N)nc2)ccnc1C)C(C)C.CC.CC.CCCC(CCC)c1ccc(C(=O)N2CCC(CN3CCN(Cc4cc5c(cc4C)[nH]c(=O)n5CCC)CC3C)CC2)cc1.O=C1CCCCON1. The number of carbonyl (C=O) groups excluding carboxylic acids is 2. The maximum absolute atomic E-state index is 13.3. The third-order valence-electron chi connectivity index (χ3n) is 14.9. The first-order valence-electron chi connectivity index (χ1n) is 29.0. The molecule has 3 fully saturated rings. The van der Waals surface area contributed by atoms with Crippen molar-refractivity contribution < 1.29 is 14.4 Å². The molecule has 0 spiro atoms. The van der Waals surface area contributed by atoms with Gasteiger partial charge in [-0.05, 0) is 155 Å². The van der Waals surface area contributed by atoms with Gasteiger partial charge >= 0.3 is 5.69 Å². The molecule has 0 saturated carbocycles. The van der Waals surface area contributed by atoms with Gasteiger partial charge in [0.15, 0.2) is 0 Å². The van der Waals surface area contributed by atoms with Crippen LogP contribution in [-0.4, -0.2) is 98.0 Å². The van der Waals surface area contributed by atoms with Crippen LogP contribution < -0.4 is 16.9 Å². The molecule has 3 aliphatic heterocycles. The monoisotopic (exact) mass is 1040 g/mol. The number of imidazole rings is 1. The van der Waals surface area contributed by atoms with Crippen molar-refractivity contribution in [3.05, 3.63) is 117 Å². The van der Waals surface area contributed by atoms with Crippen LogP contribution in [0.4, 0.5) is 5.82 Å². The molecule has 2 aromatic carbocycles. The number of nitrogens with two attached hydrogens (primary N) is 1. The van der Waals surface area contributed by atoms with Crippen LogP contribution in [0.15, 0.2) is 77.4 Å². The Morgan fingerprint density at radius 2 is 1.58 bits per heavy atom. The fourth-order valence-electron chi connectivity index (χ4n) is 10.2. The topological polar surface area (TPSA) is 155 Å². The standard InChI is InChI=1S/C37H55N5O2.C17H21N3.C5H9NO2.2C2H6/c1-6-9-30(10-7-2)31-11-13-32(14-12-31)36(43)40-18-15-29(16-19-40)25-41-21-20-39(24-28(41)5)26-33-23-35-34(22-27(33)4)38-37(44)42(35)17-8-3;1-11(2)12(3)9-16-13(4)19-8-7-15(16)14-5-6-17(18)20-10-14;7-5-3-1-2-4-8-6-5;2*1-2/h11-14,22-23,28-30H,6-10,15-21,24-26H2,1-5H3,(H,38,44);5-11H,1-4H3,(H2,18,20);1-4H2,(H,6,7);2*1-2H3/b;12-9+;;;. The van der Waals surface area contributed by atoms with Crippen LogP contribution in [0.3, 0.4) is 0 Å². The molecule has 0 aliphatic carbocycles. The van der Waals surface area contributed by atoms with E-state index in [0.29, 0.717) is 42.6 Å². The van der Waals surface area contributed by atoms with E-state index in [0.717, 1.165) is 123 Å². The molecule has 1 unspecified atom stereocenters. The number of aryl methyl sites for hydroxylation is 3. The molecule has 418 valence electrons. The maximum atomic E-state index is 13.3. The Hall–Kier alpha value is -5.63. The zero-order valence-corrected chi connectivity index (χ0v) is 49.1. The second kappa shape index (κ2) is 32.8. The quantitative estimate of drug-likeness (QED) is 0.0929. The number of nitrogens with zero attached hydrogens (tertiary/aromatic N) is 6. The smallest absolute Gasteiger partial charge is 0.326 e. The molecular formula is C63H97N9O4. The summed E-state index contributed by atoms with van der Waals surface area (Å²) in [7, 11) is 0. The number of allylic oxidation sites excluding steroid dienone is 1. The van der Waals surface area contributed by atoms with Crippen molar-refractivity contribution in [2.45, 2.75) is 179 Å². The minimum absolute atomic E-state index is 0.00231. The summed E-state index contributed by atoms with van der Waals surface area (Å²) in [6, 6.07) is 19.2. The molecule has 8 rings (SSSR count). The highest BCUT2D eigenvalue weighted by Crippen LogP contribution is 2.30. The van der Waals surface area contributed by atoms with Gasteiger partial charge in [0, 0.05) is 99.6 Å². The molecule has 5 aromatic rings. The zero-order chi connectivity index (χ0) is 55.7. The lowest BCUT2D eigenvalue weighted by Gasteiger charge is -2.43. The molecule has 6 heterocycles. The first-order chi connectivity index (χ1) is 36.7. The number of carbonyl (C=O) groups is 2. The molecule has 0 radical (unpaired) electrons. The molecular weight excluding hydrogens is 947 g/mol. The maximum Gasteiger partial charge on any atom is 0.326 e. The first kappa shape index (κ1) is 62.9. The van der Waals surface area contributed by atoms with Crippen LogP contribution in [0, 0.1) is 25.7 Å². The highest BCUT2D eigenvalue weighted by Gasteiger charge is 2.30. The lowest BCUT2D eigenvalue weighted by molar-refractivity contribution is -0.131. The second-order valence-corrected chi connectivity index (χ2v) is 20.8. The third-order valence-corrected chi connectivity index (χ3v) is 14.9. The van der Waals surface area contributed by atoms with E-state index in [2.05, 4.69) is 133 Å². The number of anilines is 1. The number of hydrogen-bond acceptors (Lipinski definition) is 9. The molecule has 3 aliphatic rings. The number of piperidine rings is 1. The number of nitrogens with one attached hydrogen (secondary N) is 2. The van der Waals surface area contributed by atoms with E-state index in [1.54, 1.807) is 0 Å². The molecule has 13 heteroatoms. The Bertz CT molecular complexity index is 2580. The Kier molecular flexibility index (Phi) is 27.2. The second-order valence-electron chi connectivity index (χ2n) is 20.8. The van der Waals surface area contributed by atoms with Crippen LogP contribution in [0.5, 0.6) is 0 Å². The van der Waals surface area contributed by atoms with Gasteiger partial charge in [-0.25, -0.2) is 15.3 Å². The number of aromatic amines is 1. The number of nitrogen functional groups attached to an aromatic ring is 1. The van der Waals surface area contributed by atoms with Crippen LogP contribution in [-0.2, 0) is 22.7 Å². The molecule has 4 N–H and O–H groups in total. The van der Waals surface area contributed by atoms with Gasteiger partial charge in [0.25, 0.3) is 5.91 Å². The Balaban J connectivity index is 0.000000319.